The Kier molecular flexibility index (Phi) is 5.44. The van der Waals surface area contributed by atoms with Crippen molar-refractivity contribution in [3.05, 3.63) is 90.6 Å². The smallest absolute Gasteiger partial charge is 0.251 e. The van der Waals surface area contributed by atoms with Gasteiger partial charge in [-0.1, -0.05) is 36.4 Å². The number of carbonyl (C=O) groups is 2. The molecular formula is C26H23N3O3. The average Bonchev–Trinajstić information content (AvgIpc) is 3.35. The van der Waals surface area contributed by atoms with E-state index in [1.54, 1.807) is 24.3 Å². The predicted molar refractivity (Wildman–Crippen MR) is 124 cm³/mol. The fourth-order valence-corrected chi connectivity index (χ4v) is 4.07. The summed E-state index contributed by atoms with van der Waals surface area (Å²) in [6.45, 7) is 0.614. The summed E-state index contributed by atoms with van der Waals surface area (Å²) in [5.41, 5.74) is 2.84. The third-order valence-electron chi connectivity index (χ3n) is 5.68. The van der Waals surface area contributed by atoms with Crippen molar-refractivity contribution in [1.29, 1.82) is 0 Å². The topological polar surface area (TPSA) is 74.4 Å². The predicted octanol–water partition coefficient (Wildman–Crippen LogP) is 4.42. The number of amides is 2. The van der Waals surface area contributed by atoms with Crippen molar-refractivity contribution in [2.24, 2.45) is 0 Å². The lowest BCUT2D eigenvalue weighted by atomic mass is 10.1. The van der Waals surface area contributed by atoms with E-state index in [1.165, 1.54) is 15.8 Å². The summed E-state index contributed by atoms with van der Waals surface area (Å²) < 4.78 is 5.79. The maximum atomic E-state index is 12.9. The summed E-state index contributed by atoms with van der Waals surface area (Å²) in [5, 5.41) is 4.44. The molecule has 0 unspecified atom stereocenters. The highest BCUT2D eigenvalue weighted by atomic mass is 16.5. The Balaban J connectivity index is 1.21. The van der Waals surface area contributed by atoms with Gasteiger partial charge in [-0.25, -0.2) is 4.90 Å². The van der Waals surface area contributed by atoms with E-state index in [0.29, 0.717) is 18.0 Å². The number of aromatic amines is 1. The molecule has 2 heterocycles. The first-order chi connectivity index (χ1) is 15.7. The van der Waals surface area contributed by atoms with Gasteiger partial charge in [0.15, 0.2) is 0 Å². The van der Waals surface area contributed by atoms with E-state index in [2.05, 4.69) is 16.4 Å². The maximum absolute atomic E-state index is 12.9. The Morgan fingerprint density at radius 2 is 1.62 bits per heavy atom. The zero-order valence-corrected chi connectivity index (χ0v) is 17.5. The van der Waals surface area contributed by atoms with Gasteiger partial charge in [0.25, 0.3) is 5.91 Å². The maximum Gasteiger partial charge on any atom is 0.251 e. The molecule has 1 saturated heterocycles. The van der Waals surface area contributed by atoms with Gasteiger partial charge < -0.3 is 15.0 Å². The van der Waals surface area contributed by atoms with Crippen LogP contribution in [0.25, 0.3) is 10.9 Å². The zero-order valence-electron chi connectivity index (χ0n) is 17.5. The summed E-state index contributed by atoms with van der Waals surface area (Å²) in [6, 6.07) is 24.1. The summed E-state index contributed by atoms with van der Waals surface area (Å²) in [5.74, 6) is 0.961. The van der Waals surface area contributed by atoms with Gasteiger partial charge in [0.1, 0.15) is 11.5 Å². The second kappa shape index (κ2) is 8.69. The molecule has 5 rings (SSSR count). The molecule has 0 spiro atoms. The second-order valence-electron chi connectivity index (χ2n) is 7.80. The number of ether oxygens (including phenoxy) is 1. The van der Waals surface area contributed by atoms with Crippen molar-refractivity contribution in [3.63, 3.8) is 0 Å². The van der Waals surface area contributed by atoms with Crippen LogP contribution in [0.5, 0.6) is 11.5 Å². The highest BCUT2D eigenvalue weighted by molar-refractivity contribution is 6.22. The minimum atomic E-state index is -0.507. The molecule has 2 amide bonds. The minimum absolute atomic E-state index is 0.162. The number of fused-ring (bicyclic) bond motifs is 1. The molecule has 4 aromatic rings. The Hall–Kier alpha value is -3.90. The van der Waals surface area contributed by atoms with Gasteiger partial charge in [0.05, 0.1) is 18.2 Å². The van der Waals surface area contributed by atoms with Crippen LogP contribution >= 0.6 is 0 Å². The van der Waals surface area contributed by atoms with Gasteiger partial charge in [-0.2, -0.15) is 0 Å². The fraction of sp³-hybridized carbons (Fsp3) is 0.154. The Bertz CT molecular complexity index is 1250. The van der Waals surface area contributed by atoms with Crippen LogP contribution in [-0.4, -0.2) is 29.4 Å². The zero-order chi connectivity index (χ0) is 21.9. The summed E-state index contributed by atoms with van der Waals surface area (Å²) in [6.07, 6.45) is 2.93. The molecule has 1 atom stereocenters. The van der Waals surface area contributed by atoms with E-state index in [0.717, 1.165) is 17.7 Å². The number of para-hydroxylation sites is 2. The number of anilines is 1. The number of aromatic nitrogens is 1. The van der Waals surface area contributed by atoms with E-state index in [4.69, 9.17) is 4.74 Å². The summed E-state index contributed by atoms with van der Waals surface area (Å²) in [4.78, 5) is 30.0. The first-order valence-electron chi connectivity index (χ1n) is 10.7. The van der Waals surface area contributed by atoms with Gasteiger partial charge in [0.2, 0.25) is 5.91 Å². The Morgan fingerprint density at radius 3 is 2.44 bits per heavy atom. The fourth-order valence-electron chi connectivity index (χ4n) is 4.07. The molecule has 6 nitrogen and oxygen atoms in total. The molecule has 1 fully saturated rings. The van der Waals surface area contributed by atoms with E-state index in [9.17, 15) is 9.59 Å². The van der Waals surface area contributed by atoms with Crippen LogP contribution in [0, 0.1) is 0 Å². The van der Waals surface area contributed by atoms with Crippen LogP contribution in [0.15, 0.2) is 85.1 Å². The van der Waals surface area contributed by atoms with E-state index in [-0.39, 0.29) is 18.2 Å². The molecule has 0 radical (unpaired) electrons. The molecule has 160 valence electrons. The summed E-state index contributed by atoms with van der Waals surface area (Å²) >= 11 is 0. The second-order valence-corrected chi connectivity index (χ2v) is 7.80. The van der Waals surface area contributed by atoms with Crippen molar-refractivity contribution in [3.8, 4) is 11.5 Å². The lowest BCUT2D eigenvalue weighted by molar-refractivity contribution is -0.121. The quantitative estimate of drug-likeness (QED) is 0.430. The number of hydrogen-bond acceptors (Lipinski definition) is 4. The molecule has 1 aliphatic rings. The number of nitrogens with one attached hydrogen (secondary N) is 2. The first kappa shape index (κ1) is 20.0. The largest absolute Gasteiger partial charge is 0.457 e. The third-order valence-corrected chi connectivity index (χ3v) is 5.68. The first-order valence-corrected chi connectivity index (χ1v) is 10.7. The lowest BCUT2D eigenvalue weighted by Crippen LogP contribution is -2.39. The monoisotopic (exact) mass is 425 g/mol. The number of imide groups is 1. The van der Waals surface area contributed by atoms with Gasteiger partial charge in [-0.3, -0.25) is 9.59 Å². The molecule has 32 heavy (non-hydrogen) atoms. The van der Waals surface area contributed by atoms with Crippen molar-refractivity contribution in [1.82, 2.24) is 10.3 Å². The van der Waals surface area contributed by atoms with E-state index < -0.39 is 6.04 Å². The van der Waals surface area contributed by atoms with Crippen LogP contribution in [-0.2, 0) is 16.0 Å². The third kappa shape index (κ3) is 4.00. The van der Waals surface area contributed by atoms with Crippen molar-refractivity contribution >= 4 is 28.4 Å². The highest BCUT2D eigenvalue weighted by Crippen LogP contribution is 2.27. The van der Waals surface area contributed by atoms with E-state index >= 15 is 0 Å². The van der Waals surface area contributed by atoms with Crippen LogP contribution in [0.2, 0.25) is 0 Å². The lowest BCUT2D eigenvalue weighted by Gasteiger charge is -2.16. The normalized spacial score (nSPS) is 16.1. The van der Waals surface area contributed by atoms with Gasteiger partial charge >= 0.3 is 0 Å². The van der Waals surface area contributed by atoms with Crippen LogP contribution < -0.4 is 15.0 Å². The minimum Gasteiger partial charge on any atom is -0.457 e. The average molecular weight is 425 g/mol. The van der Waals surface area contributed by atoms with Crippen molar-refractivity contribution < 1.29 is 14.3 Å². The number of nitrogens with zero attached hydrogens (tertiary/aromatic N) is 1. The number of hydrogen-bond donors (Lipinski definition) is 2. The van der Waals surface area contributed by atoms with Crippen molar-refractivity contribution in [2.45, 2.75) is 18.9 Å². The molecule has 2 N–H and O–H groups in total. The SMILES string of the molecule is O=C1C[C@H](NCCc2c[nH]c3ccccc23)C(=O)N1c1ccc(Oc2ccccc2)cc1. The number of carbonyl (C=O) groups excluding carboxylic acids is 2. The Morgan fingerprint density at radius 1 is 0.906 bits per heavy atom. The molecule has 0 bridgehead atoms. The molecular weight excluding hydrogens is 402 g/mol. The number of rotatable bonds is 7. The van der Waals surface area contributed by atoms with Gasteiger partial charge in [0, 0.05) is 23.6 Å². The van der Waals surface area contributed by atoms with Gasteiger partial charge in [-0.05, 0) is 54.4 Å². The van der Waals surface area contributed by atoms with Crippen LogP contribution in [0.3, 0.4) is 0 Å². The van der Waals surface area contributed by atoms with Gasteiger partial charge in [-0.15, -0.1) is 0 Å². The van der Waals surface area contributed by atoms with Crippen molar-refractivity contribution in [2.75, 3.05) is 11.4 Å². The number of H-pyrrole nitrogens is 1. The van der Waals surface area contributed by atoms with Crippen LogP contribution in [0.1, 0.15) is 12.0 Å². The molecule has 0 saturated carbocycles. The Labute approximate surface area is 185 Å². The molecule has 1 aliphatic heterocycles. The van der Waals surface area contributed by atoms with Crippen LogP contribution in [0.4, 0.5) is 5.69 Å². The molecule has 6 heteroatoms. The standard InChI is InChI=1S/C26H23N3O3/c30-25-16-24(27-15-14-18-17-28-23-9-5-4-8-22(18)23)26(31)29(25)19-10-12-21(13-11-19)32-20-6-2-1-3-7-20/h1-13,17,24,27-28H,14-16H2/t24-/m0/s1. The molecule has 0 aliphatic carbocycles. The molecule has 3 aromatic carbocycles. The number of benzene rings is 3. The summed E-state index contributed by atoms with van der Waals surface area (Å²) in [7, 11) is 0. The highest BCUT2D eigenvalue weighted by Gasteiger charge is 2.39. The van der Waals surface area contributed by atoms with E-state index in [1.807, 2.05) is 54.7 Å². The molecule has 1 aromatic heterocycles.